The zero-order valence-electron chi connectivity index (χ0n) is 15.6. The van der Waals surface area contributed by atoms with Crippen molar-refractivity contribution in [3.8, 4) is 0 Å². The molecule has 2 aromatic carbocycles. The van der Waals surface area contributed by atoms with Gasteiger partial charge in [0.25, 0.3) is 5.91 Å². The Balaban J connectivity index is 1.53. The van der Waals surface area contributed by atoms with E-state index in [0.29, 0.717) is 42.0 Å². The van der Waals surface area contributed by atoms with Crippen LogP contribution in [-0.4, -0.2) is 26.3 Å². The highest BCUT2D eigenvalue weighted by Gasteiger charge is 2.27. The number of carbonyl (C=O) groups is 2. The van der Waals surface area contributed by atoms with Gasteiger partial charge in [-0.3, -0.25) is 9.59 Å². The SMILES string of the molecule is NS(=O)(=O)c1cccc(NC(=O)C2CCC(NC(=O)c3cccc(Cl)c3)CC2)c1. The molecule has 0 spiro atoms. The molecule has 0 aromatic heterocycles. The Hall–Kier alpha value is -2.42. The maximum absolute atomic E-state index is 12.5. The first-order valence-corrected chi connectivity index (χ1v) is 11.1. The molecule has 0 atom stereocenters. The van der Waals surface area contributed by atoms with Crippen molar-refractivity contribution in [2.45, 2.75) is 36.6 Å². The molecule has 0 heterocycles. The van der Waals surface area contributed by atoms with Gasteiger partial charge in [0.1, 0.15) is 0 Å². The third-order valence-corrected chi connectivity index (χ3v) is 6.10. The highest BCUT2D eigenvalue weighted by Crippen LogP contribution is 2.26. The minimum absolute atomic E-state index is 0.00348. The minimum atomic E-state index is -3.83. The van der Waals surface area contributed by atoms with E-state index in [2.05, 4.69) is 10.6 Å². The van der Waals surface area contributed by atoms with E-state index in [1.165, 1.54) is 18.2 Å². The van der Waals surface area contributed by atoms with Crippen molar-refractivity contribution in [1.82, 2.24) is 5.32 Å². The summed E-state index contributed by atoms with van der Waals surface area (Å²) < 4.78 is 22.9. The highest BCUT2D eigenvalue weighted by atomic mass is 35.5. The molecule has 7 nitrogen and oxygen atoms in total. The third kappa shape index (κ3) is 5.79. The molecule has 1 saturated carbocycles. The van der Waals surface area contributed by atoms with Crippen LogP contribution in [0.1, 0.15) is 36.0 Å². The van der Waals surface area contributed by atoms with Gasteiger partial charge in [-0.1, -0.05) is 23.7 Å². The van der Waals surface area contributed by atoms with Crippen LogP contribution < -0.4 is 15.8 Å². The van der Waals surface area contributed by atoms with E-state index in [1.54, 1.807) is 30.3 Å². The van der Waals surface area contributed by atoms with E-state index < -0.39 is 10.0 Å². The second kappa shape index (κ2) is 8.94. The Bertz CT molecular complexity index is 1020. The monoisotopic (exact) mass is 435 g/mol. The Morgan fingerprint density at radius 2 is 1.69 bits per heavy atom. The molecule has 1 aliphatic rings. The topological polar surface area (TPSA) is 118 Å². The number of benzene rings is 2. The molecule has 0 unspecified atom stereocenters. The zero-order valence-corrected chi connectivity index (χ0v) is 17.2. The standard InChI is InChI=1S/C20H22ClN3O4S/c21-15-4-1-3-14(11-15)20(26)23-16-9-7-13(8-10-16)19(25)24-17-5-2-6-18(12-17)29(22,27)28/h1-6,11-13,16H,7-10H2,(H,23,26)(H,24,25)(H2,22,27,28). The fraction of sp³-hybridized carbons (Fsp3) is 0.300. The summed E-state index contributed by atoms with van der Waals surface area (Å²) in [6, 6.07) is 12.6. The van der Waals surface area contributed by atoms with Crippen LogP contribution in [0.5, 0.6) is 0 Å². The van der Waals surface area contributed by atoms with Crippen LogP contribution in [0.25, 0.3) is 0 Å². The third-order valence-electron chi connectivity index (χ3n) is 4.95. The first kappa shape index (κ1) is 21.3. The highest BCUT2D eigenvalue weighted by molar-refractivity contribution is 7.89. The summed E-state index contributed by atoms with van der Waals surface area (Å²) in [5.74, 6) is -0.552. The normalized spacial score (nSPS) is 19.4. The van der Waals surface area contributed by atoms with Crippen molar-refractivity contribution < 1.29 is 18.0 Å². The number of nitrogens with two attached hydrogens (primary N) is 1. The summed E-state index contributed by atoms with van der Waals surface area (Å²) in [7, 11) is -3.83. The van der Waals surface area contributed by atoms with E-state index in [1.807, 2.05) is 0 Å². The first-order chi connectivity index (χ1) is 13.7. The molecule has 9 heteroatoms. The lowest BCUT2D eigenvalue weighted by Crippen LogP contribution is -2.39. The van der Waals surface area contributed by atoms with Crippen molar-refractivity contribution in [2.75, 3.05) is 5.32 Å². The number of sulfonamides is 1. The maximum Gasteiger partial charge on any atom is 0.251 e. The lowest BCUT2D eigenvalue weighted by atomic mass is 9.85. The molecular formula is C20H22ClN3O4S. The molecule has 29 heavy (non-hydrogen) atoms. The predicted octanol–water partition coefficient (Wildman–Crippen LogP) is 2.91. The van der Waals surface area contributed by atoms with Crippen molar-refractivity contribution in [3.63, 3.8) is 0 Å². The summed E-state index contributed by atoms with van der Waals surface area (Å²) in [4.78, 5) is 24.8. The summed E-state index contributed by atoms with van der Waals surface area (Å²) in [5, 5.41) is 11.4. The van der Waals surface area contributed by atoms with Crippen LogP contribution in [0.15, 0.2) is 53.4 Å². The van der Waals surface area contributed by atoms with Crippen molar-refractivity contribution >= 4 is 39.1 Å². The molecule has 0 bridgehead atoms. The molecule has 2 aromatic rings. The number of rotatable bonds is 5. The Labute approximate surface area is 174 Å². The quantitative estimate of drug-likeness (QED) is 0.668. The molecule has 154 valence electrons. The van der Waals surface area contributed by atoms with Gasteiger partial charge < -0.3 is 10.6 Å². The van der Waals surface area contributed by atoms with Crippen LogP contribution in [-0.2, 0) is 14.8 Å². The second-order valence-corrected chi connectivity index (χ2v) is 9.09. The molecule has 1 aliphatic carbocycles. The van der Waals surface area contributed by atoms with E-state index in [4.69, 9.17) is 16.7 Å². The smallest absolute Gasteiger partial charge is 0.251 e. The van der Waals surface area contributed by atoms with Crippen LogP contribution in [0.4, 0.5) is 5.69 Å². The molecular weight excluding hydrogens is 414 g/mol. The molecule has 0 radical (unpaired) electrons. The van der Waals surface area contributed by atoms with Crippen molar-refractivity contribution in [1.29, 1.82) is 0 Å². The number of amides is 2. The minimum Gasteiger partial charge on any atom is -0.349 e. The summed E-state index contributed by atoms with van der Waals surface area (Å²) in [5.41, 5.74) is 0.894. The average Bonchev–Trinajstić information content (AvgIpc) is 2.68. The number of hydrogen-bond acceptors (Lipinski definition) is 4. The Morgan fingerprint density at radius 3 is 2.34 bits per heavy atom. The first-order valence-electron chi connectivity index (χ1n) is 9.22. The molecule has 0 saturated heterocycles. The summed E-state index contributed by atoms with van der Waals surface area (Å²) in [6.07, 6.45) is 2.62. The van der Waals surface area contributed by atoms with Crippen LogP contribution in [0, 0.1) is 5.92 Å². The summed E-state index contributed by atoms with van der Waals surface area (Å²) in [6.45, 7) is 0. The van der Waals surface area contributed by atoms with Crippen LogP contribution in [0.2, 0.25) is 5.02 Å². The van der Waals surface area contributed by atoms with Gasteiger partial charge in [-0.25, -0.2) is 13.6 Å². The van der Waals surface area contributed by atoms with Crippen molar-refractivity contribution in [3.05, 3.63) is 59.1 Å². The van der Waals surface area contributed by atoms with Crippen LogP contribution in [0.3, 0.4) is 0 Å². The lowest BCUT2D eigenvalue weighted by Gasteiger charge is -2.28. The van der Waals surface area contributed by atoms with Gasteiger partial charge in [0.15, 0.2) is 0 Å². The maximum atomic E-state index is 12.5. The number of carbonyl (C=O) groups excluding carboxylic acids is 2. The summed E-state index contributed by atoms with van der Waals surface area (Å²) >= 11 is 5.92. The molecule has 4 N–H and O–H groups in total. The molecule has 1 fully saturated rings. The van der Waals surface area contributed by atoms with E-state index in [0.717, 1.165) is 0 Å². The van der Waals surface area contributed by atoms with Gasteiger partial charge in [-0.15, -0.1) is 0 Å². The van der Waals surface area contributed by atoms with Crippen LogP contribution >= 0.6 is 11.6 Å². The van der Waals surface area contributed by atoms with Crippen molar-refractivity contribution in [2.24, 2.45) is 11.1 Å². The Morgan fingerprint density at radius 1 is 1.00 bits per heavy atom. The molecule has 2 amide bonds. The number of primary sulfonamides is 1. The lowest BCUT2D eigenvalue weighted by molar-refractivity contribution is -0.120. The van der Waals surface area contributed by atoms with Gasteiger partial charge in [0, 0.05) is 28.2 Å². The van der Waals surface area contributed by atoms with Gasteiger partial charge in [-0.05, 0) is 62.1 Å². The van der Waals surface area contributed by atoms with Gasteiger partial charge in [0.2, 0.25) is 15.9 Å². The second-order valence-electron chi connectivity index (χ2n) is 7.09. The number of hydrogen-bond donors (Lipinski definition) is 3. The number of nitrogens with one attached hydrogen (secondary N) is 2. The van der Waals surface area contributed by atoms with E-state index in [-0.39, 0.29) is 28.7 Å². The van der Waals surface area contributed by atoms with Gasteiger partial charge >= 0.3 is 0 Å². The fourth-order valence-corrected chi connectivity index (χ4v) is 4.14. The number of anilines is 1. The molecule has 3 rings (SSSR count). The zero-order chi connectivity index (χ0) is 21.0. The van der Waals surface area contributed by atoms with E-state index >= 15 is 0 Å². The van der Waals surface area contributed by atoms with Gasteiger partial charge in [-0.2, -0.15) is 0 Å². The average molecular weight is 436 g/mol. The predicted molar refractivity (Wildman–Crippen MR) is 111 cm³/mol. The number of halogens is 1. The van der Waals surface area contributed by atoms with Gasteiger partial charge in [0.05, 0.1) is 4.90 Å². The van der Waals surface area contributed by atoms with E-state index in [9.17, 15) is 18.0 Å². The molecule has 0 aliphatic heterocycles. The largest absolute Gasteiger partial charge is 0.349 e. The fourth-order valence-electron chi connectivity index (χ4n) is 3.39. The Kier molecular flexibility index (Phi) is 6.56.